The Morgan fingerprint density at radius 1 is 1.26 bits per heavy atom. The Hall–Kier alpha value is -2.41. The number of nitrogens with one attached hydrogen (secondary N) is 2. The lowest BCUT2D eigenvalue weighted by molar-refractivity contribution is 0.0923. The summed E-state index contributed by atoms with van der Waals surface area (Å²) in [7, 11) is 0. The Kier molecular flexibility index (Phi) is 4.87. The third-order valence-electron chi connectivity index (χ3n) is 4.05. The van der Waals surface area contributed by atoms with Gasteiger partial charge < -0.3 is 10.2 Å². The van der Waals surface area contributed by atoms with Crippen molar-refractivity contribution >= 4 is 11.6 Å². The molecule has 1 saturated heterocycles. The van der Waals surface area contributed by atoms with Gasteiger partial charge in [-0.25, -0.2) is 0 Å². The highest BCUT2D eigenvalue weighted by Gasteiger charge is 2.20. The first-order valence-electron chi connectivity index (χ1n) is 7.91. The van der Waals surface area contributed by atoms with Crippen LogP contribution in [0, 0.1) is 0 Å². The molecule has 0 saturated carbocycles. The van der Waals surface area contributed by atoms with E-state index in [1.807, 2.05) is 13.0 Å². The van der Waals surface area contributed by atoms with Crippen molar-refractivity contribution < 1.29 is 4.79 Å². The Morgan fingerprint density at radius 2 is 2.00 bits per heavy atom. The van der Waals surface area contributed by atoms with Gasteiger partial charge in [0.05, 0.1) is 6.20 Å². The lowest BCUT2D eigenvalue weighted by atomic mass is 10.2. The first kappa shape index (κ1) is 15.5. The van der Waals surface area contributed by atoms with Crippen molar-refractivity contribution in [2.24, 2.45) is 0 Å². The molecular formula is C16H22N6O. The van der Waals surface area contributed by atoms with Crippen LogP contribution in [0.5, 0.6) is 0 Å². The van der Waals surface area contributed by atoms with Crippen LogP contribution >= 0.6 is 0 Å². The molecule has 122 valence electrons. The van der Waals surface area contributed by atoms with Crippen LogP contribution in [0.3, 0.4) is 0 Å². The molecule has 2 aromatic rings. The second kappa shape index (κ2) is 7.23. The fraction of sp³-hybridized carbons (Fsp3) is 0.438. The molecule has 0 bridgehead atoms. The van der Waals surface area contributed by atoms with E-state index < -0.39 is 0 Å². The number of rotatable bonds is 5. The fourth-order valence-electron chi connectivity index (χ4n) is 2.87. The van der Waals surface area contributed by atoms with E-state index in [0.29, 0.717) is 5.69 Å². The van der Waals surface area contributed by atoms with Gasteiger partial charge in [0, 0.05) is 44.5 Å². The molecule has 1 aliphatic heterocycles. The van der Waals surface area contributed by atoms with Gasteiger partial charge >= 0.3 is 0 Å². The molecule has 7 heteroatoms. The predicted molar refractivity (Wildman–Crippen MR) is 88.4 cm³/mol. The van der Waals surface area contributed by atoms with Crippen LogP contribution in [0.25, 0.3) is 0 Å². The average molecular weight is 314 g/mol. The normalized spacial score (nSPS) is 17.0. The zero-order chi connectivity index (χ0) is 16.1. The SMILES string of the molecule is CC(CN1CCN(c2ccccc2)CC1)NC(=O)c1cn[nH]n1. The second-order valence-corrected chi connectivity index (χ2v) is 5.85. The predicted octanol–water partition coefficient (Wildman–Crippen LogP) is 0.745. The summed E-state index contributed by atoms with van der Waals surface area (Å²) < 4.78 is 0. The van der Waals surface area contributed by atoms with Crippen LogP contribution in [0.4, 0.5) is 5.69 Å². The summed E-state index contributed by atoms with van der Waals surface area (Å²) in [5, 5.41) is 12.8. The standard InChI is InChI=1S/C16H22N6O/c1-13(18-16(23)15-11-17-20-19-15)12-21-7-9-22(10-8-21)14-5-3-2-4-6-14/h2-6,11,13H,7-10,12H2,1H3,(H,18,23)(H,17,19,20). The van der Waals surface area contributed by atoms with Crippen molar-refractivity contribution in [3.63, 3.8) is 0 Å². The van der Waals surface area contributed by atoms with Gasteiger partial charge in [0.15, 0.2) is 5.69 Å². The number of aromatic nitrogens is 3. The molecule has 2 heterocycles. The Morgan fingerprint density at radius 3 is 2.65 bits per heavy atom. The molecule has 1 unspecified atom stereocenters. The number of carbonyl (C=O) groups is 1. The maximum absolute atomic E-state index is 11.9. The largest absolute Gasteiger partial charge is 0.369 e. The highest BCUT2D eigenvalue weighted by atomic mass is 16.2. The van der Waals surface area contributed by atoms with Crippen LogP contribution < -0.4 is 10.2 Å². The van der Waals surface area contributed by atoms with Crippen LogP contribution in [-0.2, 0) is 0 Å². The summed E-state index contributed by atoms with van der Waals surface area (Å²) in [6, 6.07) is 10.6. The van der Waals surface area contributed by atoms with E-state index in [9.17, 15) is 4.79 Å². The minimum Gasteiger partial charge on any atom is -0.369 e. The van der Waals surface area contributed by atoms with Crippen LogP contribution in [-0.4, -0.2) is 65.0 Å². The number of H-pyrrole nitrogens is 1. The maximum atomic E-state index is 11.9. The maximum Gasteiger partial charge on any atom is 0.273 e. The number of anilines is 1. The van der Waals surface area contributed by atoms with Crippen molar-refractivity contribution in [3.8, 4) is 0 Å². The number of nitrogens with zero attached hydrogens (tertiary/aromatic N) is 4. The number of piperazine rings is 1. The number of para-hydroxylation sites is 1. The van der Waals surface area contributed by atoms with Crippen molar-refractivity contribution in [2.45, 2.75) is 13.0 Å². The van der Waals surface area contributed by atoms with E-state index >= 15 is 0 Å². The molecule has 3 rings (SSSR count). The van der Waals surface area contributed by atoms with Crippen LogP contribution in [0.15, 0.2) is 36.5 Å². The summed E-state index contributed by atoms with van der Waals surface area (Å²) in [5.74, 6) is -0.186. The smallest absolute Gasteiger partial charge is 0.273 e. The minimum absolute atomic E-state index is 0.0717. The number of hydrogen-bond acceptors (Lipinski definition) is 5. The van der Waals surface area contributed by atoms with Crippen molar-refractivity contribution in [3.05, 3.63) is 42.2 Å². The van der Waals surface area contributed by atoms with E-state index in [1.165, 1.54) is 11.9 Å². The summed E-state index contributed by atoms with van der Waals surface area (Å²) >= 11 is 0. The minimum atomic E-state index is -0.186. The lowest BCUT2D eigenvalue weighted by Crippen LogP contribution is -2.50. The van der Waals surface area contributed by atoms with Gasteiger partial charge in [0.25, 0.3) is 5.91 Å². The summed E-state index contributed by atoms with van der Waals surface area (Å²) in [4.78, 5) is 16.7. The van der Waals surface area contributed by atoms with E-state index in [-0.39, 0.29) is 11.9 Å². The van der Waals surface area contributed by atoms with Gasteiger partial charge in [-0.05, 0) is 19.1 Å². The first-order valence-corrected chi connectivity index (χ1v) is 7.91. The van der Waals surface area contributed by atoms with Gasteiger partial charge in [-0.3, -0.25) is 9.69 Å². The monoisotopic (exact) mass is 314 g/mol. The molecule has 1 atom stereocenters. The summed E-state index contributed by atoms with van der Waals surface area (Å²) in [5.41, 5.74) is 1.60. The topological polar surface area (TPSA) is 77.1 Å². The molecule has 0 radical (unpaired) electrons. The number of aromatic amines is 1. The van der Waals surface area contributed by atoms with Gasteiger partial charge in [-0.2, -0.15) is 15.4 Å². The lowest BCUT2D eigenvalue weighted by Gasteiger charge is -2.37. The number of amides is 1. The van der Waals surface area contributed by atoms with Gasteiger partial charge in [-0.1, -0.05) is 18.2 Å². The molecule has 2 N–H and O–H groups in total. The van der Waals surface area contributed by atoms with E-state index in [0.717, 1.165) is 32.7 Å². The van der Waals surface area contributed by atoms with Crippen molar-refractivity contribution in [1.82, 2.24) is 25.6 Å². The van der Waals surface area contributed by atoms with E-state index in [1.54, 1.807) is 0 Å². The van der Waals surface area contributed by atoms with Crippen molar-refractivity contribution in [1.29, 1.82) is 0 Å². The molecule has 23 heavy (non-hydrogen) atoms. The number of carbonyl (C=O) groups excluding carboxylic acids is 1. The summed E-state index contributed by atoms with van der Waals surface area (Å²) in [6.07, 6.45) is 1.43. The molecule has 0 spiro atoms. The average Bonchev–Trinajstić information content (AvgIpc) is 3.11. The zero-order valence-electron chi connectivity index (χ0n) is 13.3. The molecule has 1 aromatic carbocycles. The van der Waals surface area contributed by atoms with Gasteiger partial charge in [0.2, 0.25) is 0 Å². The molecule has 1 fully saturated rings. The molecular weight excluding hydrogens is 292 g/mol. The number of hydrogen-bond donors (Lipinski definition) is 2. The van der Waals surface area contributed by atoms with Gasteiger partial charge in [-0.15, -0.1) is 0 Å². The van der Waals surface area contributed by atoms with E-state index in [4.69, 9.17) is 0 Å². The van der Waals surface area contributed by atoms with Crippen LogP contribution in [0.2, 0.25) is 0 Å². The molecule has 1 amide bonds. The summed E-state index contributed by atoms with van der Waals surface area (Å²) in [6.45, 7) is 6.87. The molecule has 1 aliphatic rings. The third-order valence-corrected chi connectivity index (χ3v) is 4.05. The Labute approximate surface area is 135 Å². The highest BCUT2D eigenvalue weighted by molar-refractivity contribution is 5.91. The molecule has 0 aliphatic carbocycles. The Balaban J connectivity index is 1.44. The van der Waals surface area contributed by atoms with Gasteiger partial charge in [0.1, 0.15) is 0 Å². The number of benzene rings is 1. The van der Waals surface area contributed by atoms with Crippen LogP contribution in [0.1, 0.15) is 17.4 Å². The second-order valence-electron chi connectivity index (χ2n) is 5.85. The first-order chi connectivity index (χ1) is 11.2. The molecule has 7 nitrogen and oxygen atoms in total. The third kappa shape index (κ3) is 4.07. The van der Waals surface area contributed by atoms with E-state index in [2.05, 4.69) is 54.8 Å². The molecule has 1 aromatic heterocycles. The Bertz CT molecular complexity index is 607. The van der Waals surface area contributed by atoms with Crippen molar-refractivity contribution in [2.75, 3.05) is 37.6 Å². The quantitative estimate of drug-likeness (QED) is 0.851. The highest BCUT2D eigenvalue weighted by Crippen LogP contribution is 2.15. The zero-order valence-corrected chi connectivity index (χ0v) is 13.3. The fourth-order valence-corrected chi connectivity index (χ4v) is 2.87.